The number of para-hydroxylation sites is 1. The van der Waals surface area contributed by atoms with Crippen LogP contribution in [0.25, 0.3) is 0 Å². The number of nitrogens with one attached hydrogen (secondary N) is 4. The van der Waals surface area contributed by atoms with Crippen LogP contribution >= 0.6 is 24.8 Å². The first kappa shape index (κ1) is 16.4. The SMILES string of the molecule is CCNC(S)N/N=C/C=N/NC(=S)Nc1ccccc1. The average molecular weight is 310 g/mol. The Balaban J connectivity index is 2.20. The van der Waals surface area contributed by atoms with E-state index in [9.17, 15) is 0 Å². The number of hydrogen-bond acceptors (Lipinski definition) is 6. The third-order valence-electron chi connectivity index (χ3n) is 2.01. The largest absolute Gasteiger partial charge is 0.331 e. The van der Waals surface area contributed by atoms with Crippen molar-refractivity contribution in [3.8, 4) is 0 Å². The lowest BCUT2D eigenvalue weighted by molar-refractivity contribution is 0.584. The summed E-state index contributed by atoms with van der Waals surface area (Å²) in [6.07, 6.45) is 2.98. The average Bonchev–Trinajstić information content (AvgIpc) is 2.44. The molecule has 0 fully saturated rings. The van der Waals surface area contributed by atoms with E-state index in [2.05, 4.69) is 44.3 Å². The van der Waals surface area contributed by atoms with Gasteiger partial charge in [-0.05, 0) is 30.9 Å². The molecule has 1 aromatic rings. The molecule has 108 valence electrons. The Morgan fingerprint density at radius 3 is 2.70 bits per heavy atom. The Hall–Kier alpha value is -1.64. The molecule has 1 atom stereocenters. The lowest BCUT2D eigenvalue weighted by Gasteiger charge is -2.09. The highest BCUT2D eigenvalue weighted by Crippen LogP contribution is 2.03. The minimum absolute atomic E-state index is 0.182. The number of thiocarbonyl (C=S) groups is 1. The van der Waals surface area contributed by atoms with Crippen molar-refractivity contribution in [3.63, 3.8) is 0 Å². The zero-order valence-electron chi connectivity index (χ0n) is 11.1. The minimum Gasteiger partial charge on any atom is -0.331 e. The van der Waals surface area contributed by atoms with Gasteiger partial charge in [0.2, 0.25) is 0 Å². The van der Waals surface area contributed by atoms with Crippen LogP contribution in [0, 0.1) is 0 Å². The van der Waals surface area contributed by atoms with Gasteiger partial charge in [0.25, 0.3) is 0 Å². The van der Waals surface area contributed by atoms with Crippen molar-refractivity contribution in [1.82, 2.24) is 16.2 Å². The normalized spacial score (nSPS) is 12.5. The van der Waals surface area contributed by atoms with Crippen LogP contribution < -0.4 is 21.5 Å². The van der Waals surface area contributed by atoms with Crippen LogP contribution in [-0.2, 0) is 0 Å². The Bertz CT molecular complexity index is 449. The Morgan fingerprint density at radius 1 is 1.30 bits per heavy atom. The molecule has 8 heteroatoms. The van der Waals surface area contributed by atoms with Crippen molar-refractivity contribution in [2.45, 2.75) is 12.4 Å². The molecule has 1 aromatic carbocycles. The van der Waals surface area contributed by atoms with Gasteiger partial charge in [-0.25, -0.2) is 0 Å². The number of hydrogen-bond donors (Lipinski definition) is 5. The summed E-state index contributed by atoms with van der Waals surface area (Å²) >= 11 is 9.27. The molecule has 4 N–H and O–H groups in total. The molecule has 6 nitrogen and oxygen atoms in total. The smallest absolute Gasteiger partial charge is 0.191 e. The van der Waals surface area contributed by atoms with Gasteiger partial charge in [0.15, 0.2) is 5.11 Å². The lowest BCUT2D eigenvalue weighted by atomic mass is 10.3. The molecule has 0 saturated carbocycles. The Morgan fingerprint density at radius 2 is 2.00 bits per heavy atom. The Kier molecular flexibility index (Phi) is 8.36. The summed E-state index contributed by atoms with van der Waals surface area (Å²) in [7, 11) is 0. The maximum atomic E-state index is 5.07. The predicted octanol–water partition coefficient (Wildman–Crippen LogP) is 1.36. The van der Waals surface area contributed by atoms with E-state index in [0.29, 0.717) is 5.11 Å². The number of rotatable bonds is 7. The van der Waals surface area contributed by atoms with Crippen LogP contribution in [0.15, 0.2) is 40.5 Å². The van der Waals surface area contributed by atoms with Crippen molar-refractivity contribution in [2.75, 3.05) is 11.9 Å². The van der Waals surface area contributed by atoms with Gasteiger partial charge in [0, 0.05) is 5.69 Å². The second-order valence-electron chi connectivity index (χ2n) is 3.58. The summed E-state index contributed by atoms with van der Waals surface area (Å²) in [5, 5.41) is 14.2. The van der Waals surface area contributed by atoms with Gasteiger partial charge in [-0.15, -0.1) is 12.6 Å². The number of hydrazone groups is 2. The maximum absolute atomic E-state index is 5.07. The molecule has 0 saturated heterocycles. The maximum Gasteiger partial charge on any atom is 0.191 e. The molecule has 20 heavy (non-hydrogen) atoms. The van der Waals surface area contributed by atoms with Gasteiger partial charge in [-0.2, -0.15) is 10.2 Å². The lowest BCUT2D eigenvalue weighted by Crippen LogP contribution is -2.34. The fourth-order valence-corrected chi connectivity index (χ4v) is 1.62. The highest BCUT2D eigenvalue weighted by atomic mass is 32.1. The first-order chi connectivity index (χ1) is 9.72. The van der Waals surface area contributed by atoms with Gasteiger partial charge in [0.05, 0.1) is 12.4 Å². The highest BCUT2D eigenvalue weighted by Gasteiger charge is 1.94. The molecule has 0 spiro atoms. The van der Waals surface area contributed by atoms with Gasteiger partial charge in [-0.1, -0.05) is 25.1 Å². The predicted molar refractivity (Wildman–Crippen MR) is 92.4 cm³/mol. The molecule has 1 rings (SSSR count). The van der Waals surface area contributed by atoms with Crippen molar-refractivity contribution < 1.29 is 0 Å². The van der Waals surface area contributed by atoms with Crippen LogP contribution in [0.1, 0.15) is 6.92 Å². The monoisotopic (exact) mass is 310 g/mol. The second kappa shape index (κ2) is 10.2. The van der Waals surface area contributed by atoms with Crippen molar-refractivity contribution >= 4 is 48.1 Å². The van der Waals surface area contributed by atoms with Gasteiger partial charge in [-0.3, -0.25) is 16.2 Å². The third kappa shape index (κ3) is 7.72. The molecule has 0 heterocycles. The van der Waals surface area contributed by atoms with Crippen molar-refractivity contribution in [2.24, 2.45) is 10.2 Å². The molecule has 0 amide bonds. The molecule has 0 bridgehead atoms. The van der Waals surface area contributed by atoms with E-state index in [1.807, 2.05) is 37.3 Å². The first-order valence-electron chi connectivity index (χ1n) is 6.06. The zero-order valence-corrected chi connectivity index (χ0v) is 12.8. The molecular weight excluding hydrogens is 292 g/mol. The van der Waals surface area contributed by atoms with Crippen LogP contribution in [0.3, 0.4) is 0 Å². The van der Waals surface area contributed by atoms with E-state index in [1.54, 1.807) is 0 Å². The molecule has 0 radical (unpaired) electrons. The molecular formula is C12H18N6S2. The summed E-state index contributed by atoms with van der Waals surface area (Å²) in [6.45, 7) is 2.80. The van der Waals surface area contributed by atoms with E-state index in [4.69, 9.17) is 12.2 Å². The number of benzene rings is 1. The standard InChI is InChI=1S/C12H18N6S2/c1-2-13-11(19)17-14-8-9-15-18-12(20)16-10-6-4-3-5-7-10/h3-9,11,13,17,19H,2H2,1H3,(H2,16,18,20)/b14-8+,15-9+. The van der Waals surface area contributed by atoms with Crippen LogP contribution in [-0.4, -0.2) is 29.6 Å². The highest BCUT2D eigenvalue weighted by molar-refractivity contribution is 7.80. The van der Waals surface area contributed by atoms with Crippen molar-refractivity contribution in [1.29, 1.82) is 0 Å². The molecule has 1 unspecified atom stereocenters. The van der Waals surface area contributed by atoms with Crippen LogP contribution in [0.5, 0.6) is 0 Å². The number of thiol groups is 1. The van der Waals surface area contributed by atoms with E-state index < -0.39 is 0 Å². The third-order valence-corrected chi connectivity index (χ3v) is 2.50. The summed E-state index contributed by atoms with van der Waals surface area (Å²) in [5.74, 6) is 0. The molecule has 0 aliphatic carbocycles. The fraction of sp³-hybridized carbons (Fsp3) is 0.250. The minimum atomic E-state index is -0.182. The quantitative estimate of drug-likeness (QED) is 0.173. The number of anilines is 1. The van der Waals surface area contributed by atoms with Gasteiger partial charge < -0.3 is 5.32 Å². The first-order valence-corrected chi connectivity index (χ1v) is 6.98. The summed E-state index contributed by atoms with van der Waals surface area (Å²) in [4.78, 5) is 0. The summed E-state index contributed by atoms with van der Waals surface area (Å²) in [6, 6.07) is 9.61. The van der Waals surface area contributed by atoms with Crippen molar-refractivity contribution in [3.05, 3.63) is 30.3 Å². The molecule has 0 aliphatic rings. The topological polar surface area (TPSA) is 72.8 Å². The van der Waals surface area contributed by atoms with Gasteiger partial charge in [0.1, 0.15) is 5.50 Å². The molecule has 0 aromatic heterocycles. The fourth-order valence-electron chi connectivity index (χ4n) is 1.20. The summed E-state index contributed by atoms with van der Waals surface area (Å²) < 4.78 is 0. The zero-order chi connectivity index (χ0) is 14.6. The van der Waals surface area contributed by atoms with Gasteiger partial charge >= 0.3 is 0 Å². The van der Waals surface area contributed by atoms with E-state index >= 15 is 0 Å². The second-order valence-corrected chi connectivity index (χ2v) is 4.50. The van der Waals surface area contributed by atoms with E-state index in [-0.39, 0.29) is 5.50 Å². The summed E-state index contributed by atoms with van der Waals surface area (Å²) in [5.41, 5.74) is 6.17. The van der Waals surface area contributed by atoms with E-state index in [1.165, 1.54) is 12.4 Å². The molecule has 0 aliphatic heterocycles. The van der Waals surface area contributed by atoms with Crippen LogP contribution in [0.2, 0.25) is 0 Å². The number of nitrogens with zero attached hydrogens (tertiary/aromatic N) is 2. The van der Waals surface area contributed by atoms with Crippen LogP contribution in [0.4, 0.5) is 5.69 Å². The van der Waals surface area contributed by atoms with E-state index in [0.717, 1.165) is 12.2 Å². The Labute approximate surface area is 129 Å².